The van der Waals surface area contributed by atoms with Gasteiger partial charge >= 0.3 is 37.2 Å². The quantitative estimate of drug-likeness (QED) is 0.465. The van der Waals surface area contributed by atoms with Gasteiger partial charge in [0.25, 0.3) is 0 Å². The summed E-state index contributed by atoms with van der Waals surface area (Å²) < 4.78 is 0.206. The number of carbonyl (C=O) groups excluding carboxylic acids is 1. The predicted molar refractivity (Wildman–Crippen MR) is 21.8 cm³/mol. The molecule has 0 fully saturated rings. The summed E-state index contributed by atoms with van der Waals surface area (Å²) in [6.45, 7) is 1.55. The van der Waals surface area contributed by atoms with Crippen LogP contribution in [0.3, 0.4) is 0 Å². The van der Waals surface area contributed by atoms with Crippen molar-refractivity contribution in [2.24, 2.45) is 0 Å². The second kappa shape index (κ2) is 2.43. The van der Waals surface area contributed by atoms with Gasteiger partial charge in [0.15, 0.2) is 0 Å². The second-order valence-electron chi connectivity index (χ2n) is 0.636. The Morgan fingerprint density at radius 3 is 2.20 bits per heavy atom. The molecule has 0 aliphatic carbocycles. The Morgan fingerprint density at radius 2 is 2.20 bits per heavy atom. The molecule has 0 rings (SSSR count). The third-order valence-corrected chi connectivity index (χ3v) is 1.06. The van der Waals surface area contributed by atoms with Crippen LogP contribution >= 0.6 is 0 Å². The molecule has 0 heterocycles. The molecule has 0 bridgehead atoms. The van der Waals surface area contributed by atoms with Gasteiger partial charge in [-0.2, -0.15) is 0 Å². The van der Waals surface area contributed by atoms with Gasteiger partial charge in [-0.3, -0.25) is 0 Å². The fraction of sp³-hybridized carbons (Fsp3) is 0.333. The van der Waals surface area contributed by atoms with Crippen molar-refractivity contribution < 1.29 is 4.79 Å². The molecule has 0 saturated heterocycles. The zero-order valence-corrected chi connectivity index (χ0v) is 4.74. The SMILES string of the molecule is [CH2][Se]C(C)=O. The molecule has 0 aromatic heterocycles. The molecule has 2 heteroatoms. The zero-order chi connectivity index (χ0) is 4.28. The van der Waals surface area contributed by atoms with Crippen LogP contribution in [0.1, 0.15) is 6.92 Å². The van der Waals surface area contributed by atoms with E-state index in [-0.39, 0.29) is 19.6 Å². The van der Waals surface area contributed by atoms with Crippen molar-refractivity contribution in [3.05, 3.63) is 5.82 Å². The van der Waals surface area contributed by atoms with Crippen LogP contribution in [0.4, 0.5) is 0 Å². The van der Waals surface area contributed by atoms with Crippen LogP contribution in [-0.2, 0) is 4.79 Å². The average molecular weight is 136 g/mol. The molecule has 0 aliphatic rings. The number of carbonyl (C=O) groups is 1. The average Bonchev–Trinajstić information content (AvgIpc) is 1.38. The van der Waals surface area contributed by atoms with Gasteiger partial charge < -0.3 is 0 Å². The molecule has 5 heavy (non-hydrogen) atoms. The minimum atomic E-state index is -0.0139. The summed E-state index contributed by atoms with van der Waals surface area (Å²) in [7, 11) is 0. The normalized spacial score (nSPS) is 7.60. The third-order valence-electron chi connectivity index (χ3n) is 0.203. The van der Waals surface area contributed by atoms with Crippen LogP contribution in [0.25, 0.3) is 0 Å². The Morgan fingerprint density at radius 1 is 2.00 bits per heavy atom. The number of hydrogen-bond donors (Lipinski definition) is 0. The van der Waals surface area contributed by atoms with E-state index in [0.717, 1.165) is 0 Å². The van der Waals surface area contributed by atoms with Crippen LogP contribution in [0, 0.1) is 5.82 Å². The molecule has 0 aromatic rings. The van der Waals surface area contributed by atoms with Gasteiger partial charge in [-0.25, -0.2) is 0 Å². The molecule has 0 atom stereocenters. The Bertz CT molecular complexity index is 42.2. The van der Waals surface area contributed by atoms with Gasteiger partial charge in [-0.05, 0) is 0 Å². The molecule has 0 N–H and O–H groups in total. The maximum atomic E-state index is 9.78. The molecule has 0 spiro atoms. The fourth-order valence-corrected chi connectivity index (χ4v) is 0. The monoisotopic (exact) mass is 137 g/mol. The van der Waals surface area contributed by atoms with E-state index in [0.29, 0.717) is 0 Å². The molecule has 0 aliphatic heterocycles. The van der Waals surface area contributed by atoms with E-state index in [2.05, 4.69) is 5.82 Å². The predicted octanol–water partition coefficient (Wildman–Crippen LogP) is 0.0287. The van der Waals surface area contributed by atoms with Gasteiger partial charge in [-0.1, -0.05) is 0 Å². The Hall–Kier alpha value is 0.189. The van der Waals surface area contributed by atoms with Crippen molar-refractivity contribution in [1.82, 2.24) is 0 Å². The Labute approximate surface area is 37.9 Å². The van der Waals surface area contributed by atoms with Crippen molar-refractivity contribution in [3.63, 3.8) is 0 Å². The molecule has 1 nitrogen and oxygen atoms in total. The number of hydrogen-bond acceptors (Lipinski definition) is 1. The van der Waals surface area contributed by atoms with Crippen molar-refractivity contribution in [2.75, 3.05) is 0 Å². The van der Waals surface area contributed by atoms with Crippen molar-refractivity contribution in [2.45, 2.75) is 6.92 Å². The van der Waals surface area contributed by atoms with E-state index in [4.69, 9.17) is 0 Å². The molecule has 0 saturated carbocycles. The van der Waals surface area contributed by atoms with E-state index >= 15 is 0 Å². The summed E-state index contributed by atoms with van der Waals surface area (Å²) in [5.41, 5.74) is 0. The van der Waals surface area contributed by atoms with Crippen LogP contribution in [0.5, 0.6) is 0 Å². The Balaban J connectivity index is 2.85. The first-order valence-electron chi connectivity index (χ1n) is 1.20. The summed E-state index contributed by atoms with van der Waals surface area (Å²) in [6.07, 6.45) is 0. The van der Waals surface area contributed by atoms with Crippen LogP contribution < -0.4 is 0 Å². The summed E-state index contributed by atoms with van der Waals surface area (Å²) in [4.78, 5) is 9.78. The maximum absolute atomic E-state index is 9.78. The molecule has 0 unspecified atom stereocenters. The van der Waals surface area contributed by atoms with Crippen LogP contribution in [-0.4, -0.2) is 19.6 Å². The van der Waals surface area contributed by atoms with Gasteiger partial charge in [0.05, 0.1) is 0 Å². The summed E-state index contributed by atoms with van der Waals surface area (Å²) in [5.74, 6) is 3.40. The third kappa shape index (κ3) is 4.19. The Kier molecular flexibility index (Phi) is 2.52. The van der Waals surface area contributed by atoms with E-state index < -0.39 is 0 Å². The molecular formula is C3H5OSe. The topological polar surface area (TPSA) is 17.1 Å². The molecule has 0 amide bonds. The fourth-order valence-electron chi connectivity index (χ4n) is 0. The molecule has 1 radical (unpaired) electrons. The molecular weight excluding hydrogens is 131 g/mol. The zero-order valence-electron chi connectivity index (χ0n) is 3.02. The van der Waals surface area contributed by atoms with Crippen LogP contribution in [0.2, 0.25) is 0 Å². The van der Waals surface area contributed by atoms with Crippen LogP contribution in [0.15, 0.2) is 0 Å². The first-order chi connectivity index (χ1) is 2.27. The van der Waals surface area contributed by atoms with Crippen molar-refractivity contribution in [1.29, 1.82) is 0 Å². The van der Waals surface area contributed by atoms with Gasteiger partial charge in [0.2, 0.25) is 0 Å². The van der Waals surface area contributed by atoms with Gasteiger partial charge in [-0.15, -0.1) is 0 Å². The van der Waals surface area contributed by atoms with Crippen molar-refractivity contribution >= 4 is 19.6 Å². The minimum absolute atomic E-state index is 0.0139. The molecule has 0 aromatic carbocycles. The molecule has 29 valence electrons. The van der Waals surface area contributed by atoms with Crippen molar-refractivity contribution in [3.8, 4) is 0 Å². The number of rotatable bonds is 1. The first kappa shape index (κ1) is 5.19. The van der Waals surface area contributed by atoms with E-state index in [1.165, 1.54) is 0 Å². The van der Waals surface area contributed by atoms with Gasteiger partial charge in [0.1, 0.15) is 0 Å². The van der Waals surface area contributed by atoms with Gasteiger partial charge in [0, 0.05) is 0 Å². The standard InChI is InChI=1S/C3H5OSe/c1-3(4)5-2/h2H2,1H3. The summed E-state index contributed by atoms with van der Waals surface area (Å²) in [6, 6.07) is 0. The van der Waals surface area contributed by atoms with E-state index in [1.807, 2.05) is 0 Å². The first-order valence-corrected chi connectivity index (χ1v) is 3.26. The second-order valence-corrected chi connectivity index (χ2v) is 2.45. The van der Waals surface area contributed by atoms with E-state index in [1.54, 1.807) is 6.92 Å². The summed E-state index contributed by atoms with van der Waals surface area (Å²) in [5, 5.41) is 0. The van der Waals surface area contributed by atoms with E-state index in [9.17, 15) is 4.79 Å². The summed E-state index contributed by atoms with van der Waals surface area (Å²) >= 11 is -0.0139.